The third-order valence-corrected chi connectivity index (χ3v) is 5.68. The summed E-state index contributed by atoms with van der Waals surface area (Å²) in [4.78, 5) is 40.0. The molecule has 0 saturated heterocycles. The van der Waals surface area contributed by atoms with Crippen molar-refractivity contribution in [3.05, 3.63) is 34.5 Å². The Morgan fingerprint density at radius 2 is 2.24 bits per heavy atom. The van der Waals surface area contributed by atoms with Gasteiger partial charge in [0.2, 0.25) is 5.91 Å². The molecule has 2 atom stereocenters. The number of hydrogen-bond acceptors (Lipinski definition) is 5. The molecule has 0 aliphatic carbocycles. The number of carbonyl (C=O) groups excluding carboxylic acids is 1. The van der Waals surface area contributed by atoms with Gasteiger partial charge in [-0.3, -0.25) is 9.36 Å². The molecule has 0 fully saturated rings. The van der Waals surface area contributed by atoms with Gasteiger partial charge in [0.05, 0.1) is 22.9 Å². The zero-order chi connectivity index (χ0) is 18.4. The number of aromatic nitrogens is 2. The summed E-state index contributed by atoms with van der Waals surface area (Å²) in [6, 6.07) is 0.290. The van der Waals surface area contributed by atoms with E-state index in [1.807, 2.05) is 0 Å². The van der Waals surface area contributed by atoms with Gasteiger partial charge in [-0.15, -0.1) is 11.3 Å². The zero-order valence-corrected chi connectivity index (χ0v) is 15.1. The molecule has 2 heterocycles. The van der Waals surface area contributed by atoms with Crippen molar-refractivity contribution in [2.24, 2.45) is 0 Å². The topological polar surface area (TPSA) is 144 Å². The van der Waals surface area contributed by atoms with E-state index < -0.39 is 25.4 Å². The SMILES string of the molecule is CCCP(=O)(O)NC(Cc1cscn1)C(=O)Nc1c[nH]c(C(=O)O)c1. The lowest BCUT2D eigenvalue weighted by Gasteiger charge is -2.21. The fourth-order valence-electron chi connectivity index (χ4n) is 2.17. The second-order valence-electron chi connectivity index (χ2n) is 5.39. The van der Waals surface area contributed by atoms with Crippen LogP contribution in [0.1, 0.15) is 29.5 Å². The molecule has 5 N–H and O–H groups in total. The maximum atomic E-state index is 12.5. The van der Waals surface area contributed by atoms with E-state index in [1.165, 1.54) is 23.6 Å². The molecule has 2 aromatic rings. The van der Waals surface area contributed by atoms with E-state index in [4.69, 9.17) is 5.11 Å². The number of nitrogens with zero attached hydrogens (tertiary/aromatic N) is 1. The Bertz CT molecular complexity index is 776. The maximum absolute atomic E-state index is 12.5. The average Bonchev–Trinajstić information content (AvgIpc) is 3.17. The summed E-state index contributed by atoms with van der Waals surface area (Å²) in [6.07, 6.45) is 2.01. The zero-order valence-electron chi connectivity index (χ0n) is 13.4. The van der Waals surface area contributed by atoms with E-state index in [0.29, 0.717) is 12.1 Å². The third-order valence-electron chi connectivity index (χ3n) is 3.28. The van der Waals surface area contributed by atoms with Crippen molar-refractivity contribution in [1.82, 2.24) is 15.1 Å². The minimum absolute atomic E-state index is 0.0428. The molecule has 0 radical (unpaired) electrons. The fraction of sp³-hybridized carbons (Fsp3) is 0.357. The first-order chi connectivity index (χ1) is 11.8. The van der Waals surface area contributed by atoms with Gasteiger partial charge in [-0.25, -0.2) is 14.9 Å². The molecule has 0 saturated carbocycles. The third kappa shape index (κ3) is 5.79. The molecule has 1 amide bonds. The van der Waals surface area contributed by atoms with Crippen LogP contribution in [0.3, 0.4) is 0 Å². The fourth-order valence-corrected chi connectivity index (χ4v) is 4.18. The van der Waals surface area contributed by atoms with Crippen LogP contribution in [0.15, 0.2) is 23.2 Å². The standard InChI is InChI=1S/C14H19N4O5PS/c1-2-3-24(22,23)18-11(5-10-7-25-8-16-10)13(19)17-9-4-12(14(20)21)15-6-9/h4,6-8,11,15H,2-3,5H2,1H3,(H,17,19)(H,20,21)(H2,18,22,23). The summed E-state index contributed by atoms with van der Waals surface area (Å²) in [5.74, 6) is -1.70. The number of carboxylic acid groups (broad SMARTS) is 1. The Balaban J connectivity index is 2.13. The highest BCUT2D eigenvalue weighted by atomic mass is 32.1. The molecule has 0 bridgehead atoms. The molecule has 136 valence electrons. The number of amides is 1. The molecule has 11 heteroatoms. The van der Waals surface area contributed by atoms with E-state index in [9.17, 15) is 19.0 Å². The quantitative estimate of drug-likeness (QED) is 0.414. The van der Waals surface area contributed by atoms with Crippen LogP contribution in [0, 0.1) is 0 Å². The summed E-state index contributed by atoms with van der Waals surface area (Å²) >= 11 is 1.36. The number of rotatable bonds is 9. The van der Waals surface area contributed by atoms with Gasteiger partial charge in [0, 0.05) is 24.2 Å². The van der Waals surface area contributed by atoms with Crippen molar-refractivity contribution in [1.29, 1.82) is 0 Å². The molecule has 0 aliphatic heterocycles. The van der Waals surface area contributed by atoms with Crippen molar-refractivity contribution in [3.63, 3.8) is 0 Å². The summed E-state index contributed by atoms with van der Waals surface area (Å²) in [5.41, 5.74) is 2.42. The van der Waals surface area contributed by atoms with Gasteiger partial charge in [-0.2, -0.15) is 0 Å². The number of nitrogens with one attached hydrogen (secondary N) is 3. The van der Waals surface area contributed by atoms with Crippen molar-refractivity contribution in [2.45, 2.75) is 25.8 Å². The number of carbonyl (C=O) groups is 2. The predicted octanol–water partition coefficient (Wildman–Crippen LogP) is 1.90. The lowest BCUT2D eigenvalue weighted by atomic mass is 10.1. The minimum Gasteiger partial charge on any atom is -0.477 e. The minimum atomic E-state index is -3.67. The summed E-state index contributed by atoms with van der Waals surface area (Å²) in [7, 11) is -3.67. The summed E-state index contributed by atoms with van der Waals surface area (Å²) in [6.45, 7) is 1.77. The Morgan fingerprint density at radius 3 is 2.80 bits per heavy atom. The van der Waals surface area contributed by atoms with Crippen LogP contribution in [0.25, 0.3) is 0 Å². The molecule has 2 rings (SSSR count). The van der Waals surface area contributed by atoms with E-state index in [1.54, 1.807) is 17.8 Å². The van der Waals surface area contributed by atoms with E-state index in [2.05, 4.69) is 20.4 Å². The van der Waals surface area contributed by atoms with Gasteiger partial charge in [-0.1, -0.05) is 6.92 Å². The van der Waals surface area contributed by atoms with Crippen LogP contribution in [0.2, 0.25) is 0 Å². The molecule has 0 aliphatic rings. The maximum Gasteiger partial charge on any atom is 0.352 e. The molecule has 0 aromatic carbocycles. The van der Waals surface area contributed by atoms with E-state index in [0.717, 1.165) is 0 Å². The Labute approximate surface area is 148 Å². The van der Waals surface area contributed by atoms with Gasteiger partial charge < -0.3 is 20.3 Å². The Hall–Kier alpha value is -2.00. The van der Waals surface area contributed by atoms with E-state index >= 15 is 0 Å². The Morgan fingerprint density at radius 1 is 1.48 bits per heavy atom. The highest BCUT2D eigenvalue weighted by molar-refractivity contribution is 7.55. The largest absolute Gasteiger partial charge is 0.477 e. The van der Waals surface area contributed by atoms with Gasteiger partial charge in [0.25, 0.3) is 7.52 Å². The van der Waals surface area contributed by atoms with Gasteiger partial charge in [0.1, 0.15) is 5.69 Å². The summed E-state index contributed by atoms with van der Waals surface area (Å²) in [5, 5.41) is 15.7. The molecule has 2 aromatic heterocycles. The molecule has 0 spiro atoms. The normalized spacial score (nSPS) is 14.6. The van der Waals surface area contributed by atoms with Gasteiger partial charge in [-0.05, 0) is 12.5 Å². The van der Waals surface area contributed by atoms with Crippen molar-refractivity contribution >= 4 is 36.4 Å². The summed E-state index contributed by atoms with van der Waals surface area (Å²) < 4.78 is 12.2. The lowest BCUT2D eigenvalue weighted by molar-refractivity contribution is -0.117. The number of thiazole rings is 1. The molecule has 2 unspecified atom stereocenters. The Kier molecular flexibility index (Phi) is 6.49. The van der Waals surface area contributed by atoms with Crippen LogP contribution < -0.4 is 10.4 Å². The van der Waals surface area contributed by atoms with Crippen LogP contribution in [-0.2, 0) is 15.8 Å². The number of H-pyrrole nitrogens is 1. The van der Waals surface area contributed by atoms with Gasteiger partial charge in [0.15, 0.2) is 0 Å². The molecule has 25 heavy (non-hydrogen) atoms. The molecular weight excluding hydrogens is 367 g/mol. The number of carboxylic acids is 1. The highest BCUT2D eigenvalue weighted by Gasteiger charge is 2.28. The number of aromatic carboxylic acids is 1. The van der Waals surface area contributed by atoms with Crippen LogP contribution in [0.5, 0.6) is 0 Å². The second-order valence-corrected chi connectivity index (χ2v) is 8.21. The van der Waals surface area contributed by atoms with Crippen molar-refractivity contribution < 1.29 is 24.2 Å². The average molecular weight is 386 g/mol. The van der Waals surface area contributed by atoms with E-state index in [-0.39, 0.29) is 24.0 Å². The van der Waals surface area contributed by atoms with Crippen LogP contribution in [-0.4, -0.2) is 44.0 Å². The number of anilines is 1. The van der Waals surface area contributed by atoms with Crippen molar-refractivity contribution in [2.75, 3.05) is 11.5 Å². The number of hydrogen-bond donors (Lipinski definition) is 5. The predicted molar refractivity (Wildman–Crippen MR) is 94.1 cm³/mol. The van der Waals surface area contributed by atoms with Crippen molar-refractivity contribution in [3.8, 4) is 0 Å². The smallest absolute Gasteiger partial charge is 0.352 e. The van der Waals surface area contributed by atoms with Crippen LogP contribution in [0.4, 0.5) is 5.69 Å². The molecular formula is C14H19N4O5PS. The number of aromatic amines is 1. The van der Waals surface area contributed by atoms with Crippen LogP contribution >= 0.6 is 18.9 Å². The first kappa shape index (κ1) is 19.3. The monoisotopic (exact) mass is 386 g/mol. The lowest BCUT2D eigenvalue weighted by Crippen LogP contribution is -2.41. The molecule has 9 nitrogen and oxygen atoms in total. The first-order valence-electron chi connectivity index (χ1n) is 7.50. The highest BCUT2D eigenvalue weighted by Crippen LogP contribution is 2.37. The second kappa shape index (κ2) is 8.39. The first-order valence-corrected chi connectivity index (χ1v) is 10.3. The van der Waals surface area contributed by atoms with Gasteiger partial charge >= 0.3 is 5.97 Å².